The van der Waals surface area contributed by atoms with E-state index >= 15 is 0 Å². The number of imide groups is 1. The Morgan fingerprint density at radius 3 is 2.39 bits per heavy atom. The number of nitrogens with zero attached hydrogens (tertiary/aromatic N) is 2. The Balaban J connectivity index is 1.73. The number of aromatic nitrogens is 1. The molecule has 0 fully saturated rings. The van der Waals surface area contributed by atoms with Crippen LogP contribution in [0.15, 0.2) is 65.8 Å². The van der Waals surface area contributed by atoms with Gasteiger partial charge in [0.05, 0.1) is 33.9 Å². The van der Waals surface area contributed by atoms with Gasteiger partial charge in [-0.3, -0.25) is 24.2 Å². The maximum Gasteiger partial charge on any atom is 0.419 e. The van der Waals surface area contributed by atoms with Crippen molar-refractivity contribution in [1.29, 1.82) is 0 Å². The lowest BCUT2D eigenvalue weighted by molar-refractivity contribution is -0.139. The molecule has 0 atom stereocenters. The average molecular weight is 496 g/mol. The molecule has 2 aromatic carbocycles. The maximum atomic E-state index is 13.5. The number of amides is 2. The van der Waals surface area contributed by atoms with Crippen molar-refractivity contribution in [2.45, 2.75) is 17.6 Å². The largest absolute Gasteiger partial charge is 0.419 e. The number of carbonyl (C=O) groups excluding carboxylic acids is 2. The van der Waals surface area contributed by atoms with Gasteiger partial charge in [0.2, 0.25) is 0 Å². The van der Waals surface area contributed by atoms with Gasteiger partial charge in [-0.2, -0.15) is 13.2 Å². The molecule has 12 heteroatoms. The molecule has 2 amide bonds. The lowest BCUT2D eigenvalue weighted by Crippen LogP contribution is -2.29. The smallest absolute Gasteiger partial charge is 0.279 e. The number of hydrogen-bond donors (Lipinski definition) is 1. The number of halogens is 4. The van der Waals surface area contributed by atoms with Gasteiger partial charge in [0.1, 0.15) is 4.90 Å². The molecule has 170 valence electrons. The highest BCUT2D eigenvalue weighted by molar-refractivity contribution is 7.92. The summed E-state index contributed by atoms with van der Waals surface area (Å²) in [5.41, 5.74) is -1.64. The Morgan fingerprint density at radius 2 is 1.73 bits per heavy atom. The van der Waals surface area contributed by atoms with Crippen molar-refractivity contribution in [3.8, 4) is 0 Å². The molecule has 33 heavy (non-hydrogen) atoms. The minimum absolute atomic E-state index is 0.0776. The van der Waals surface area contributed by atoms with E-state index in [1.165, 1.54) is 30.6 Å². The number of benzene rings is 2. The first-order valence-electron chi connectivity index (χ1n) is 9.27. The van der Waals surface area contributed by atoms with E-state index < -0.39 is 43.5 Å². The van der Waals surface area contributed by atoms with Crippen molar-refractivity contribution in [2.75, 3.05) is 4.72 Å². The minimum Gasteiger partial charge on any atom is -0.279 e. The maximum absolute atomic E-state index is 13.5. The number of sulfonamides is 1. The number of fused-ring (bicyclic) bond motifs is 1. The van der Waals surface area contributed by atoms with Gasteiger partial charge in [-0.25, -0.2) is 8.42 Å². The summed E-state index contributed by atoms with van der Waals surface area (Å²) in [6.07, 6.45) is -2.07. The van der Waals surface area contributed by atoms with Gasteiger partial charge < -0.3 is 0 Å². The molecule has 4 rings (SSSR count). The zero-order valence-electron chi connectivity index (χ0n) is 16.4. The van der Waals surface area contributed by atoms with Crippen molar-refractivity contribution < 1.29 is 31.2 Å². The van der Waals surface area contributed by atoms with Crippen LogP contribution in [0.1, 0.15) is 31.8 Å². The second-order valence-corrected chi connectivity index (χ2v) is 9.06. The van der Waals surface area contributed by atoms with Crippen LogP contribution >= 0.6 is 11.6 Å². The van der Waals surface area contributed by atoms with Gasteiger partial charge in [0.25, 0.3) is 21.8 Å². The fraction of sp³-hybridized carbons (Fsp3) is 0.0952. The summed E-state index contributed by atoms with van der Waals surface area (Å²) < 4.78 is 68.2. The average Bonchev–Trinajstić information content (AvgIpc) is 2.99. The molecule has 0 saturated heterocycles. The Kier molecular flexibility index (Phi) is 5.62. The van der Waals surface area contributed by atoms with Crippen LogP contribution in [0.4, 0.5) is 18.9 Å². The van der Waals surface area contributed by atoms with Crippen molar-refractivity contribution in [3.05, 3.63) is 88.2 Å². The second kappa shape index (κ2) is 8.16. The summed E-state index contributed by atoms with van der Waals surface area (Å²) in [6.45, 7) is -0.112. The van der Waals surface area contributed by atoms with Gasteiger partial charge in [-0.05, 0) is 35.9 Å². The van der Waals surface area contributed by atoms with Crippen molar-refractivity contribution in [3.63, 3.8) is 0 Å². The predicted molar refractivity (Wildman–Crippen MR) is 112 cm³/mol. The quantitative estimate of drug-likeness (QED) is 0.531. The van der Waals surface area contributed by atoms with E-state index in [0.717, 1.165) is 23.1 Å². The molecule has 1 aliphatic heterocycles. The van der Waals surface area contributed by atoms with E-state index in [-0.39, 0.29) is 23.4 Å². The standard InChI is InChI=1S/C21H13ClF3N3O4S/c22-14-6-2-8-16(18(14)21(23,24)25)33(31,32)27-15-7-1-5-13-17(15)20(30)28(19(13)29)11-12-4-3-9-26-10-12/h1-10,27H,11H2. The van der Waals surface area contributed by atoms with Gasteiger partial charge in [-0.1, -0.05) is 29.8 Å². The molecule has 0 aliphatic carbocycles. The van der Waals surface area contributed by atoms with Crippen LogP contribution in [0.5, 0.6) is 0 Å². The first-order chi connectivity index (χ1) is 15.5. The van der Waals surface area contributed by atoms with E-state index in [1.807, 2.05) is 4.72 Å². The molecule has 1 N–H and O–H groups in total. The minimum atomic E-state index is -5.05. The molecule has 2 heterocycles. The number of alkyl halides is 3. The van der Waals surface area contributed by atoms with Crippen molar-refractivity contribution in [1.82, 2.24) is 9.88 Å². The molecule has 0 unspecified atom stereocenters. The van der Waals surface area contributed by atoms with E-state index in [9.17, 15) is 31.2 Å². The third-order valence-corrected chi connectivity index (χ3v) is 6.58. The molecule has 3 aromatic rings. The molecule has 0 radical (unpaired) electrons. The Bertz CT molecular complexity index is 1380. The highest BCUT2D eigenvalue weighted by Gasteiger charge is 2.41. The summed E-state index contributed by atoms with van der Waals surface area (Å²) in [5.74, 6) is -1.46. The van der Waals surface area contributed by atoms with Gasteiger partial charge in [-0.15, -0.1) is 0 Å². The number of hydrogen-bond acceptors (Lipinski definition) is 5. The summed E-state index contributed by atoms with van der Waals surface area (Å²) in [7, 11) is -4.83. The number of nitrogens with one attached hydrogen (secondary N) is 1. The first-order valence-corrected chi connectivity index (χ1v) is 11.1. The molecule has 7 nitrogen and oxygen atoms in total. The summed E-state index contributed by atoms with van der Waals surface area (Å²) in [6, 6.07) is 9.84. The second-order valence-electron chi connectivity index (χ2n) is 7.00. The summed E-state index contributed by atoms with van der Waals surface area (Å²) in [4.78, 5) is 29.5. The normalized spacial score (nSPS) is 13.9. The molecule has 0 saturated carbocycles. The SMILES string of the molecule is O=C1c2cccc(NS(=O)(=O)c3cccc(Cl)c3C(F)(F)F)c2C(=O)N1Cc1cccnc1. The van der Waals surface area contributed by atoms with Crippen LogP contribution in [0, 0.1) is 0 Å². The van der Waals surface area contributed by atoms with Gasteiger partial charge in [0, 0.05) is 12.4 Å². The zero-order valence-corrected chi connectivity index (χ0v) is 18.0. The van der Waals surface area contributed by atoms with Crippen LogP contribution in [-0.4, -0.2) is 30.1 Å². The number of carbonyl (C=O) groups is 2. The van der Waals surface area contributed by atoms with Gasteiger partial charge >= 0.3 is 6.18 Å². The van der Waals surface area contributed by atoms with Crippen LogP contribution < -0.4 is 4.72 Å². The highest BCUT2D eigenvalue weighted by Crippen LogP contribution is 2.40. The van der Waals surface area contributed by atoms with E-state index in [4.69, 9.17) is 11.6 Å². The van der Waals surface area contributed by atoms with E-state index in [2.05, 4.69) is 4.98 Å². The van der Waals surface area contributed by atoms with Crippen LogP contribution in [0.25, 0.3) is 0 Å². The predicted octanol–water partition coefficient (Wildman–Crippen LogP) is 4.35. The lowest BCUT2D eigenvalue weighted by atomic mass is 10.1. The monoisotopic (exact) mass is 495 g/mol. The summed E-state index contributed by atoms with van der Waals surface area (Å²) in [5, 5.41) is -0.794. The van der Waals surface area contributed by atoms with E-state index in [1.54, 1.807) is 12.1 Å². The highest BCUT2D eigenvalue weighted by atomic mass is 35.5. The fourth-order valence-electron chi connectivity index (χ4n) is 3.44. The third-order valence-electron chi connectivity index (χ3n) is 4.86. The third kappa shape index (κ3) is 4.16. The Morgan fingerprint density at radius 1 is 1.00 bits per heavy atom. The Labute approximate surface area is 190 Å². The molecule has 1 aliphatic rings. The Hall–Kier alpha value is -3.44. The molecular weight excluding hydrogens is 483 g/mol. The van der Waals surface area contributed by atoms with E-state index in [0.29, 0.717) is 5.56 Å². The number of rotatable bonds is 5. The number of anilines is 1. The van der Waals surface area contributed by atoms with Crippen LogP contribution in [0.2, 0.25) is 5.02 Å². The topological polar surface area (TPSA) is 96.4 Å². The lowest BCUT2D eigenvalue weighted by Gasteiger charge is -2.17. The molecule has 0 spiro atoms. The molecule has 0 bridgehead atoms. The summed E-state index contributed by atoms with van der Waals surface area (Å²) >= 11 is 5.63. The first kappa shape index (κ1) is 22.7. The van der Waals surface area contributed by atoms with Gasteiger partial charge in [0.15, 0.2) is 0 Å². The fourth-order valence-corrected chi connectivity index (χ4v) is 5.10. The zero-order chi connectivity index (χ0) is 24.0. The van der Waals surface area contributed by atoms with Crippen molar-refractivity contribution in [2.24, 2.45) is 0 Å². The molecule has 1 aromatic heterocycles. The van der Waals surface area contributed by atoms with Crippen LogP contribution in [-0.2, 0) is 22.7 Å². The number of pyridine rings is 1. The van der Waals surface area contributed by atoms with Crippen molar-refractivity contribution >= 4 is 39.1 Å². The van der Waals surface area contributed by atoms with Crippen LogP contribution in [0.3, 0.4) is 0 Å². The molecular formula is C21H13ClF3N3O4S.